The quantitative estimate of drug-likeness (QED) is 0.814. The Bertz CT molecular complexity index is 302. The van der Waals surface area contributed by atoms with Crippen LogP contribution >= 0.6 is 0 Å². The average molecular weight is 239 g/mol. The molecule has 2 N–H and O–H groups in total. The van der Waals surface area contributed by atoms with Crippen molar-refractivity contribution in [2.75, 3.05) is 26.8 Å². The molecule has 0 aromatic heterocycles. The fraction of sp³-hybridized carbons (Fsp3) is 0.923. The van der Waals surface area contributed by atoms with Gasteiger partial charge in [-0.2, -0.15) is 0 Å². The first kappa shape index (κ1) is 12.7. The first-order valence-corrected chi connectivity index (χ1v) is 6.56. The maximum Gasteiger partial charge on any atom is 0.191 e. The predicted molar refractivity (Wildman–Crippen MR) is 70.1 cm³/mol. The molecule has 0 atom stereocenters. The number of hydrogen-bond acceptors (Lipinski definition) is 4. The molecule has 0 aromatic carbocycles. The molecule has 1 aliphatic heterocycles. The van der Waals surface area contributed by atoms with E-state index in [4.69, 9.17) is 10.5 Å². The van der Waals surface area contributed by atoms with Crippen molar-refractivity contribution in [1.82, 2.24) is 4.90 Å². The lowest BCUT2D eigenvalue weighted by atomic mass is 9.69. The second-order valence-corrected chi connectivity index (χ2v) is 6.21. The fourth-order valence-electron chi connectivity index (χ4n) is 3.00. The van der Waals surface area contributed by atoms with Crippen LogP contribution < -0.4 is 5.73 Å². The molecule has 1 fully saturated rings. The number of methoxy groups -OCH3 is 1. The molecule has 4 heteroatoms. The highest BCUT2D eigenvalue weighted by Gasteiger charge is 2.45. The fourth-order valence-corrected chi connectivity index (χ4v) is 3.00. The number of hydrogen-bond donors (Lipinski definition) is 1. The Kier molecular flexibility index (Phi) is 3.34. The zero-order valence-electron chi connectivity index (χ0n) is 11.3. The summed E-state index contributed by atoms with van der Waals surface area (Å²) in [5.41, 5.74) is 6.69. The number of aliphatic imine (C=N–C) groups is 1. The third kappa shape index (κ3) is 2.41. The largest absolute Gasteiger partial charge is 0.383 e. The number of rotatable bonds is 3. The smallest absolute Gasteiger partial charge is 0.191 e. The molecule has 0 amide bonds. The van der Waals surface area contributed by atoms with Crippen LogP contribution in [0.4, 0.5) is 0 Å². The third-order valence-electron chi connectivity index (χ3n) is 4.44. The van der Waals surface area contributed by atoms with Crippen molar-refractivity contribution >= 4 is 5.96 Å². The van der Waals surface area contributed by atoms with Crippen LogP contribution in [0.2, 0.25) is 0 Å². The van der Waals surface area contributed by atoms with Crippen molar-refractivity contribution in [3.05, 3.63) is 0 Å². The molecule has 0 bridgehead atoms. The van der Waals surface area contributed by atoms with Crippen LogP contribution in [-0.4, -0.2) is 43.2 Å². The van der Waals surface area contributed by atoms with Gasteiger partial charge in [0, 0.05) is 13.7 Å². The highest BCUT2D eigenvalue weighted by molar-refractivity contribution is 5.81. The standard InChI is InChI=1S/C13H25N3O/c1-12(2)4-6-13(7-5-12)10-15-11(14)16(13)8-9-17-3/h4-10H2,1-3H3,(H2,14,15). The number of ether oxygens (including phenoxy) is 1. The number of nitrogens with zero attached hydrogens (tertiary/aromatic N) is 2. The van der Waals surface area contributed by atoms with E-state index < -0.39 is 0 Å². The zero-order valence-corrected chi connectivity index (χ0v) is 11.3. The van der Waals surface area contributed by atoms with Crippen molar-refractivity contribution in [1.29, 1.82) is 0 Å². The number of guanidine groups is 1. The van der Waals surface area contributed by atoms with Crippen LogP contribution in [0.25, 0.3) is 0 Å². The van der Waals surface area contributed by atoms with Crippen molar-refractivity contribution in [3.63, 3.8) is 0 Å². The monoisotopic (exact) mass is 239 g/mol. The summed E-state index contributed by atoms with van der Waals surface area (Å²) in [5, 5.41) is 0. The minimum atomic E-state index is 0.193. The molecule has 1 saturated carbocycles. The van der Waals surface area contributed by atoms with Crippen LogP contribution in [0.5, 0.6) is 0 Å². The molecule has 2 rings (SSSR count). The first-order chi connectivity index (χ1) is 7.99. The first-order valence-electron chi connectivity index (χ1n) is 6.56. The third-order valence-corrected chi connectivity index (χ3v) is 4.44. The van der Waals surface area contributed by atoms with Gasteiger partial charge in [-0.25, -0.2) is 0 Å². The van der Waals surface area contributed by atoms with E-state index in [2.05, 4.69) is 23.7 Å². The molecule has 0 aromatic rings. The maximum absolute atomic E-state index is 6.01. The van der Waals surface area contributed by atoms with E-state index in [1.165, 1.54) is 25.7 Å². The Labute approximate surface area is 104 Å². The second kappa shape index (κ2) is 4.48. The van der Waals surface area contributed by atoms with Gasteiger partial charge in [-0.1, -0.05) is 13.8 Å². The van der Waals surface area contributed by atoms with Gasteiger partial charge in [0.2, 0.25) is 0 Å². The molecule has 1 spiro atoms. The van der Waals surface area contributed by atoms with E-state index in [0.29, 0.717) is 11.4 Å². The summed E-state index contributed by atoms with van der Waals surface area (Å²) in [4.78, 5) is 6.74. The molecule has 17 heavy (non-hydrogen) atoms. The summed E-state index contributed by atoms with van der Waals surface area (Å²) >= 11 is 0. The van der Waals surface area contributed by atoms with E-state index in [-0.39, 0.29) is 5.54 Å². The van der Waals surface area contributed by atoms with Gasteiger partial charge in [0.15, 0.2) is 5.96 Å². The minimum Gasteiger partial charge on any atom is -0.383 e. The highest BCUT2D eigenvalue weighted by Crippen LogP contribution is 2.44. The van der Waals surface area contributed by atoms with Crippen LogP contribution in [0.3, 0.4) is 0 Å². The Hall–Kier alpha value is -0.770. The van der Waals surface area contributed by atoms with E-state index in [1.807, 2.05) is 0 Å². The van der Waals surface area contributed by atoms with Gasteiger partial charge in [-0.3, -0.25) is 4.99 Å². The summed E-state index contributed by atoms with van der Waals surface area (Å²) in [6, 6.07) is 0. The molecule has 0 saturated heterocycles. The molecular weight excluding hydrogens is 214 g/mol. The van der Waals surface area contributed by atoms with Crippen LogP contribution in [0.15, 0.2) is 4.99 Å². The molecule has 0 unspecified atom stereocenters. The Morgan fingerprint density at radius 1 is 1.29 bits per heavy atom. The van der Waals surface area contributed by atoms with Crippen molar-refractivity contribution in [2.45, 2.75) is 45.1 Å². The highest BCUT2D eigenvalue weighted by atomic mass is 16.5. The summed E-state index contributed by atoms with van der Waals surface area (Å²) < 4.78 is 5.17. The van der Waals surface area contributed by atoms with E-state index >= 15 is 0 Å². The molecule has 0 radical (unpaired) electrons. The molecule has 1 aliphatic carbocycles. The van der Waals surface area contributed by atoms with E-state index in [1.54, 1.807) is 7.11 Å². The van der Waals surface area contributed by atoms with Crippen molar-refractivity contribution in [2.24, 2.45) is 16.1 Å². The van der Waals surface area contributed by atoms with Gasteiger partial charge in [0.1, 0.15) is 0 Å². The zero-order chi connectivity index (χ0) is 12.5. The normalized spacial score (nSPS) is 26.3. The lowest BCUT2D eigenvalue weighted by Crippen LogP contribution is -2.55. The number of nitrogens with two attached hydrogens (primary N) is 1. The minimum absolute atomic E-state index is 0.193. The Morgan fingerprint density at radius 3 is 2.53 bits per heavy atom. The summed E-state index contributed by atoms with van der Waals surface area (Å²) in [6.45, 7) is 7.18. The summed E-state index contributed by atoms with van der Waals surface area (Å²) in [7, 11) is 1.74. The Balaban J connectivity index is 2.05. The average Bonchev–Trinajstić information content (AvgIpc) is 2.59. The van der Waals surface area contributed by atoms with Gasteiger partial charge in [0.05, 0.1) is 18.7 Å². The van der Waals surface area contributed by atoms with Gasteiger partial charge in [-0.05, 0) is 31.1 Å². The summed E-state index contributed by atoms with van der Waals surface area (Å²) in [6.07, 6.45) is 4.93. The van der Waals surface area contributed by atoms with Crippen LogP contribution in [-0.2, 0) is 4.74 Å². The van der Waals surface area contributed by atoms with Crippen LogP contribution in [0.1, 0.15) is 39.5 Å². The topological polar surface area (TPSA) is 50.9 Å². The SMILES string of the molecule is COCCN1C(N)=NCC12CCC(C)(C)CC2. The lowest BCUT2D eigenvalue weighted by molar-refractivity contribution is 0.0647. The molecule has 2 aliphatic rings. The van der Waals surface area contributed by atoms with Gasteiger partial charge in [-0.15, -0.1) is 0 Å². The van der Waals surface area contributed by atoms with Gasteiger partial charge in [0.25, 0.3) is 0 Å². The van der Waals surface area contributed by atoms with Crippen molar-refractivity contribution < 1.29 is 4.74 Å². The molecule has 4 nitrogen and oxygen atoms in total. The molecule has 1 heterocycles. The summed E-state index contributed by atoms with van der Waals surface area (Å²) in [5.74, 6) is 0.710. The molecular formula is C13H25N3O. The van der Waals surface area contributed by atoms with Crippen molar-refractivity contribution in [3.8, 4) is 0 Å². The lowest BCUT2D eigenvalue weighted by Gasteiger charge is -2.46. The predicted octanol–water partition coefficient (Wildman–Crippen LogP) is 1.60. The Morgan fingerprint density at radius 2 is 1.94 bits per heavy atom. The van der Waals surface area contributed by atoms with Gasteiger partial charge < -0.3 is 15.4 Å². The second-order valence-electron chi connectivity index (χ2n) is 6.21. The van der Waals surface area contributed by atoms with E-state index in [0.717, 1.165) is 19.7 Å². The van der Waals surface area contributed by atoms with Gasteiger partial charge >= 0.3 is 0 Å². The maximum atomic E-state index is 6.01. The molecule has 98 valence electrons. The van der Waals surface area contributed by atoms with Crippen LogP contribution in [0, 0.1) is 5.41 Å². The van der Waals surface area contributed by atoms with E-state index in [9.17, 15) is 0 Å².